The van der Waals surface area contributed by atoms with Crippen molar-refractivity contribution in [3.05, 3.63) is 12.1 Å². The molecule has 1 aromatic heterocycles. The zero-order valence-electron chi connectivity index (χ0n) is 10.9. The minimum absolute atomic E-state index is 0.431. The first-order valence-electron chi connectivity index (χ1n) is 5.87. The van der Waals surface area contributed by atoms with Gasteiger partial charge in [0.2, 0.25) is 0 Å². The van der Waals surface area contributed by atoms with Gasteiger partial charge in [0.05, 0.1) is 11.4 Å². The van der Waals surface area contributed by atoms with E-state index in [1.165, 1.54) is 0 Å². The monoisotopic (exact) mass is 266 g/mol. The maximum absolute atomic E-state index is 5.84. The molecular formula is C12H18N4OS. The largest absolute Gasteiger partial charge is 0.397 e. The molecule has 2 rings (SSSR count). The molecule has 0 bridgehead atoms. The van der Waals surface area contributed by atoms with Crippen LogP contribution in [0.25, 0.3) is 11.0 Å². The zero-order chi connectivity index (χ0) is 13.1. The van der Waals surface area contributed by atoms with Crippen molar-refractivity contribution in [2.75, 3.05) is 29.7 Å². The van der Waals surface area contributed by atoms with Crippen LogP contribution in [0.5, 0.6) is 0 Å². The lowest BCUT2D eigenvalue weighted by Crippen LogP contribution is -2.29. The van der Waals surface area contributed by atoms with Crippen LogP contribution in [0.2, 0.25) is 0 Å². The van der Waals surface area contributed by atoms with E-state index in [-0.39, 0.29) is 0 Å². The summed E-state index contributed by atoms with van der Waals surface area (Å²) in [6.07, 6.45) is 3.24. The van der Waals surface area contributed by atoms with Crippen LogP contribution < -0.4 is 10.6 Å². The number of fused-ring (bicyclic) bond motifs is 1. The van der Waals surface area contributed by atoms with E-state index in [1.807, 2.05) is 23.9 Å². The Morgan fingerprint density at radius 2 is 2.11 bits per heavy atom. The number of nitrogens with zero attached hydrogens (tertiary/aromatic N) is 3. The minimum Gasteiger partial charge on any atom is -0.397 e. The zero-order valence-corrected chi connectivity index (χ0v) is 11.7. The molecule has 0 aliphatic heterocycles. The highest BCUT2D eigenvalue weighted by Gasteiger charge is 2.16. The Bertz CT molecular complexity index is 528. The first-order chi connectivity index (χ1) is 8.65. The molecule has 0 aliphatic carbocycles. The Labute approximate surface area is 111 Å². The van der Waals surface area contributed by atoms with Crippen molar-refractivity contribution in [1.82, 2.24) is 10.3 Å². The summed E-state index contributed by atoms with van der Waals surface area (Å²) in [6, 6.07) is 4.25. The van der Waals surface area contributed by atoms with Gasteiger partial charge in [-0.1, -0.05) is 0 Å². The molecule has 0 amide bonds. The third-order valence-electron chi connectivity index (χ3n) is 3.21. The lowest BCUT2D eigenvalue weighted by molar-refractivity contribution is 0.315. The Balaban J connectivity index is 2.30. The second-order valence-electron chi connectivity index (χ2n) is 4.38. The second kappa shape index (κ2) is 5.48. The predicted molar refractivity (Wildman–Crippen MR) is 77.1 cm³/mol. The highest BCUT2D eigenvalue weighted by atomic mass is 32.2. The molecule has 2 aromatic rings. The van der Waals surface area contributed by atoms with E-state index in [4.69, 9.17) is 10.4 Å². The fraction of sp³-hybridized carbons (Fsp3) is 0.500. The number of thioether (sulfide) groups is 1. The van der Waals surface area contributed by atoms with Gasteiger partial charge in [0, 0.05) is 13.1 Å². The molecule has 0 fully saturated rings. The fourth-order valence-electron chi connectivity index (χ4n) is 1.88. The van der Waals surface area contributed by atoms with Crippen molar-refractivity contribution >= 4 is 34.2 Å². The molecule has 1 unspecified atom stereocenters. The summed E-state index contributed by atoms with van der Waals surface area (Å²) >= 11 is 1.86. The van der Waals surface area contributed by atoms with Crippen LogP contribution >= 0.6 is 11.8 Å². The summed E-state index contributed by atoms with van der Waals surface area (Å²) in [5.74, 6) is 1.14. The van der Waals surface area contributed by atoms with E-state index in [2.05, 4.69) is 35.4 Å². The highest BCUT2D eigenvalue weighted by molar-refractivity contribution is 7.98. The number of aromatic nitrogens is 2. The normalized spacial score (nSPS) is 12.8. The molecule has 18 heavy (non-hydrogen) atoms. The van der Waals surface area contributed by atoms with Gasteiger partial charge in [-0.2, -0.15) is 11.8 Å². The summed E-state index contributed by atoms with van der Waals surface area (Å²) in [4.78, 5) is 2.20. The molecule has 0 saturated carbocycles. The summed E-state index contributed by atoms with van der Waals surface area (Å²) in [5, 5.41) is 7.79. The highest BCUT2D eigenvalue weighted by Crippen LogP contribution is 2.29. The van der Waals surface area contributed by atoms with Gasteiger partial charge in [0.15, 0.2) is 11.0 Å². The lowest BCUT2D eigenvalue weighted by Gasteiger charge is -2.26. The van der Waals surface area contributed by atoms with Crippen molar-refractivity contribution in [3.63, 3.8) is 0 Å². The van der Waals surface area contributed by atoms with Crippen molar-refractivity contribution in [2.45, 2.75) is 19.4 Å². The first-order valence-corrected chi connectivity index (χ1v) is 7.27. The SMILES string of the molecule is CSCCC(C)N(C)c1ccc(N)c2nonc12. The summed E-state index contributed by atoms with van der Waals surface area (Å²) in [7, 11) is 2.06. The lowest BCUT2D eigenvalue weighted by atomic mass is 10.1. The predicted octanol–water partition coefficient (Wildman–Crippen LogP) is 2.38. The average molecular weight is 266 g/mol. The van der Waals surface area contributed by atoms with Gasteiger partial charge in [-0.3, -0.25) is 0 Å². The van der Waals surface area contributed by atoms with Crippen molar-refractivity contribution in [1.29, 1.82) is 0 Å². The molecule has 0 spiro atoms. The van der Waals surface area contributed by atoms with Crippen LogP contribution in [-0.2, 0) is 0 Å². The summed E-state index contributed by atoms with van der Waals surface area (Å²) in [6.45, 7) is 2.20. The van der Waals surface area contributed by atoms with Gasteiger partial charge in [0.25, 0.3) is 0 Å². The van der Waals surface area contributed by atoms with E-state index in [1.54, 1.807) is 0 Å². The number of benzene rings is 1. The Morgan fingerprint density at radius 1 is 1.39 bits per heavy atom. The first kappa shape index (κ1) is 13.0. The van der Waals surface area contributed by atoms with Gasteiger partial charge in [-0.05, 0) is 47.8 Å². The van der Waals surface area contributed by atoms with Crippen LogP contribution in [0.15, 0.2) is 16.8 Å². The Hall–Kier alpha value is -1.43. The van der Waals surface area contributed by atoms with Gasteiger partial charge in [0.1, 0.15) is 0 Å². The molecule has 0 radical (unpaired) electrons. The van der Waals surface area contributed by atoms with Gasteiger partial charge < -0.3 is 10.6 Å². The Kier molecular flexibility index (Phi) is 3.96. The number of nitrogen functional groups attached to an aromatic ring is 1. The van der Waals surface area contributed by atoms with Crippen LogP contribution in [0.4, 0.5) is 11.4 Å². The molecule has 98 valence electrons. The van der Waals surface area contributed by atoms with Crippen molar-refractivity contribution < 1.29 is 4.63 Å². The number of nitrogens with two attached hydrogens (primary N) is 1. The van der Waals surface area contributed by atoms with Gasteiger partial charge >= 0.3 is 0 Å². The third-order valence-corrected chi connectivity index (χ3v) is 3.85. The summed E-state index contributed by atoms with van der Waals surface area (Å²) in [5.41, 5.74) is 8.81. The number of hydrogen-bond acceptors (Lipinski definition) is 6. The smallest absolute Gasteiger partial charge is 0.160 e. The second-order valence-corrected chi connectivity index (χ2v) is 5.36. The van der Waals surface area contributed by atoms with Crippen molar-refractivity contribution in [3.8, 4) is 0 Å². The molecule has 1 heterocycles. The van der Waals surface area contributed by atoms with Crippen LogP contribution in [0, 0.1) is 0 Å². The number of hydrogen-bond donors (Lipinski definition) is 1. The molecule has 6 heteroatoms. The molecule has 5 nitrogen and oxygen atoms in total. The van der Waals surface area contributed by atoms with E-state index < -0.39 is 0 Å². The maximum atomic E-state index is 5.84. The summed E-state index contributed by atoms with van der Waals surface area (Å²) < 4.78 is 4.79. The third kappa shape index (κ3) is 2.38. The minimum atomic E-state index is 0.431. The molecule has 0 saturated heterocycles. The maximum Gasteiger partial charge on any atom is 0.160 e. The van der Waals surface area contributed by atoms with Crippen LogP contribution in [0.3, 0.4) is 0 Å². The average Bonchev–Trinajstić information content (AvgIpc) is 2.85. The Morgan fingerprint density at radius 3 is 2.83 bits per heavy atom. The molecular weight excluding hydrogens is 248 g/mol. The van der Waals surface area contributed by atoms with Crippen LogP contribution in [-0.4, -0.2) is 35.4 Å². The quantitative estimate of drug-likeness (QED) is 0.838. The van der Waals surface area contributed by atoms with E-state index in [0.29, 0.717) is 17.2 Å². The molecule has 2 N–H and O–H groups in total. The standard InChI is InChI=1S/C12H18N4OS/c1-8(6-7-18-3)16(2)10-5-4-9(13)11-12(10)15-17-14-11/h4-5,8H,6-7,13H2,1-3H3. The van der Waals surface area contributed by atoms with Crippen LogP contribution in [0.1, 0.15) is 13.3 Å². The van der Waals surface area contributed by atoms with E-state index >= 15 is 0 Å². The molecule has 0 aliphatic rings. The fourth-order valence-corrected chi connectivity index (χ4v) is 2.45. The topological polar surface area (TPSA) is 68.2 Å². The van der Waals surface area contributed by atoms with Gasteiger partial charge in [-0.15, -0.1) is 0 Å². The van der Waals surface area contributed by atoms with E-state index in [0.717, 1.165) is 23.4 Å². The molecule has 1 atom stereocenters. The van der Waals surface area contributed by atoms with Gasteiger partial charge in [-0.25, -0.2) is 4.63 Å². The van der Waals surface area contributed by atoms with Crippen molar-refractivity contribution in [2.24, 2.45) is 0 Å². The number of anilines is 2. The molecule has 1 aromatic carbocycles. The van der Waals surface area contributed by atoms with E-state index in [9.17, 15) is 0 Å². The number of rotatable bonds is 5.